The molecule has 2 fully saturated rings. The Morgan fingerprint density at radius 1 is 1.05 bits per heavy atom. The highest BCUT2D eigenvalue weighted by atomic mass is 15.1. The van der Waals surface area contributed by atoms with E-state index in [2.05, 4.69) is 20.6 Å². The number of nitrogens with one attached hydrogen (secondary N) is 2. The van der Waals surface area contributed by atoms with Crippen LogP contribution in [0.5, 0.6) is 0 Å². The van der Waals surface area contributed by atoms with Crippen molar-refractivity contribution >= 4 is 5.95 Å². The van der Waals surface area contributed by atoms with Gasteiger partial charge in [0.15, 0.2) is 0 Å². The van der Waals surface area contributed by atoms with E-state index in [1.807, 2.05) is 12.4 Å². The predicted molar refractivity (Wildman–Crippen MR) is 77.4 cm³/mol. The molecule has 2 heterocycles. The van der Waals surface area contributed by atoms with Crippen LogP contribution in [-0.2, 0) is 0 Å². The van der Waals surface area contributed by atoms with Crippen molar-refractivity contribution in [3.8, 4) is 0 Å². The van der Waals surface area contributed by atoms with Gasteiger partial charge in [0.25, 0.3) is 0 Å². The number of anilines is 1. The van der Waals surface area contributed by atoms with Crippen LogP contribution >= 0.6 is 0 Å². The molecule has 2 aliphatic rings. The van der Waals surface area contributed by atoms with Gasteiger partial charge in [-0.3, -0.25) is 0 Å². The van der Waals surface area contributed by atoms with Gasteiger partial charge in [0, 0.05) is 25.0 Å². The average molecular weight is 260 g/mol. The van der Waals surface area contributed by atoms with Crippen molar-refractivity contribution in [3.05, 3.63) is 18.0 Å². The first-order valence-electron chi connectivity index (χ1n) is 7.71. The van der Waals surface area contributed by atoms with Gasteiger partial charge in [-0.25, -0.2) is 9.97 Å². The van der Waals surface area contributed by atoms with E-state index in [-0.39, 0.29) is 0 Å². The van der Waals surface area contributed by atoms with E-state index in [1.54, 1.807) is 0 Å². The SMILES string of the molecule is c1nc(NCC2CCCCN2)ncc1C1CCCC1. The molecule has 1 saturated carbocycles. The summed E-state index contributed by atoms with van der Waals surface area (Å²) in [6.45, 7) is 2.08. The molecule has 2 N–H and O–H groups in total. The lowest BCUT2D eigenvalue weighted by Crippen LogP contribution is -2.39. The van der Waals surface area contributed by atoms with Crippen LogP contribution in [0.2, 0.25) is 0 Å². The standard InChI is InChI=1S/C15H24N4/c1-2-6-12(5-1)13-9-17-15(18-10-13)19-11-14-7-3-4-8-16-14/h9-10,12,14,16H,1-8,11H2,(H,17,18,19). The maximum Gasteiger partial charge on any atom is 0.222 e. The summed E-state index contributed by atoms with van der Waals surface area (Å²) >= 11 is 0. The molecule has 1 aromatic rings. The van der Waals surface area contributed by atoms with Gasteiger partial charge < -0.3 is 10.6 Å². The van der Waals surface area contributed by atoms with Crippen molar-refractivity contribution < 1.29 is 0 Å². The molecule has 3 rings (SSSR count). The van der Waals surface area contributed by atoms with Gasteiger partial charge in [0.2, 0.25) is 5.95 Å². The molecule has 1 unspecified atom stereocenters. The van der Waals surface area contributed by atoms with Crippen LogP contribution in [0.15, 0.2) is 12.4 Å². The highest BCUT2D eigenvalue weighted by Gasteiger charge is 2.18. The van der Waals surface area contributed by atoms with Gasteiger partial charge in [-0.1, -0.05) is 19.3 Å². The molecule has 104 valence electrons. The molecule has 19 heavy (non-hydrogen) atoms. The van der Waals surface area contributed by atoms with Crippen LogP contribution in [0.4, 0.5) is 5.95 Å². The second kappa shape index (κ2) is 6.33. The highest BCUT2D eigenvalue weighted by Crippen LogP contribution is 2.33. The highest BCUT2D eigenvalue weighted by molar-refractivity contribution is 5.26. The summed E-state index contributed by atoms with van der Waals surface area (Å²) in [5, 5.41) is 6.87. The normalized spacial score (nSPS) is 24.5. The van der Waals surface area contributed by atoms with E-state index in [4.69, 9.17) is 0 Å². The van der Waals surface area contributed by atoms with Crippen LogP contribution in [0.25, 0.3) is 0 Å². The van der Waals surface area contributed by atoms with Crippen molar-refractivity contribution in [1.29, 1.82) is 0 Å². The molecular formula is C15H24N4. The van der Waals surface area contributed by atoms with Gasteiger partial charge >= 0.3 is 0 Å². The van der Waals surface area contributed by atoms with Gasteiger partial charge in [0.1, 0.15) is 0 Å². The van der Waals surface area contributed by atoms with Crippen molar-refractivity contribution in [2.45, 2.75) is 56.9 Å². The Labute approximate surface area is 115 Å². The number of rotatable bonds is 4. The number of nitrogens with zero attached hydrogens (tertiary/aromatic N) is 2. The fourth-order valence-electron chi connectivity index (χ4n) is 3.21. The monoisotopic (exact) mass is 260 g/mol. The Bertz CT molecular complexity index is 378. The molecule has 4 nitrogen and oxygen atoms in total. The lowest BCUT2D eigenvalue weighted by atomic mass is 10.0. The first-order chi connectivity index (χ1) is 9.42. The molecule has 1 aliphatic heterocycles. The minimum absolute atomic E-state index is 0.576. The third kappa shape index (κ3) is 3.44. The summed E-state index contributed by atoms with van der Waals surface area (Å²) < 4.78 is 0. The zero-order valence-corrected chi connectivity index (χ0v) is 11.6. The van der Waals surface area contributed by atoms with E-state index in [0.29, 0.717) is 12.0 Å². The molecule has 1 aliphatic carbocycles. The summed E-state index contributed by atoms with van der Waals surface area (Å²) in [5.74, 6) is 1.48. The summed E-state index contributed by atoms with van der Waals surface area (Å²) in [6.07, 6.45) is 13.3. The molecule has 0 aromatic carbocycles. The summed E-state index contributed by atoms with van der Waals surface area (Å²) in [5.41, 5.74) is 1.32. The van der Waals surface area contributed by atoms with Crippen molar-refractivity contribution in [3.63, 3.8) is 0 Å². The van der Waals surface area contributed by atoms with Crippen LogP contribution in [-0.4, -0.2) is 29.1 Å². The minimum Gasteiger partial charge on any atom is -0.353 e. The summed E-state index contributed by atoms with van der Waals surface area (Å²) in [4.78, 5) is 8.92. The molecule has 0 spiro atoms. The second-order valence-corrected chi connectivity index (χ2v) is 5.85. The largest absolute Gasteiger partial charge is 0.353 e. The number of hydrogen-bond donors (Lipinski definition) is 2. The number of hydrogen-bond acceptors (Lipinski definition) is 4. The zero-order chi connectivity index (χ0) is 12.9. The quantitative estimate of drug-likeness (QED) is 0.874. The lowest BCUT2D eigenvalue weighted by Gasteiger charge is -2.23. The Morgan fingerprint density at radius 3 is 2.47 bits per heavy atom. The zero-order valence-electron chi connectivity index (χ0n) is 11.6. The van der Waals surface area contributed by atoms with Crippen LogP contribution < -0.4 is 10.6 Å². The molecule has 0 bridgehead atoms. The Balaban J connectivity index is 1.50. The van der Waals surface area contributed by atoms with E-state index >= 15 is 0 Å². The predicted octanol–water partition coefficient (Wildman–Crippen LogP) is 2.69. The Hall–Kier alpha value is -1.16. The molecule has 0 amide bonds. The third-order valence-corrected chi connectivity index (χ3v) is 4.42. The Morgan fingerprint density at radius 2 is 1.79 bits per heavy atom. The van der Waals surface area contributed by atoms with E-state index in [1.165, 1.54) is 50.5 Å². The topological polar surface area (TPSA) is 49.8 Å². The summed E-state index contributed by atoms with van der Waals surface area (Å²) in [7, 11) is 0. The van der Waals surface area contributed by atoms with Gasteiger partial charge in [-0.2, -0.15) is 0 Å². The maximum atomic E-state index is 4.46. The van der Waals surface area contributed by atoms with Crippen molar-refractivity contribution in [2.75, 3.05) is 18.4 Å². The number of piperidine rings is 1. The maximum absolute atomic E-state index is 4.46. The fraction of sp³-hybridized carbons (Fsp3) is 0.733. The minimum atomic E-state index is 0.576. The number of aromatic nitrogens is 2. The van der Waals surface area contributed by atoms with Crippen molar-refractivity contribution in [2.24, 2.45) is 0 Å². The molecule has 0 radical (unpaired) electrons. The van der Waals surface area contributed by atoms with Gasteiger partial charge in [0.05, 0.1) is 0 Å². The van der Waals surface area contributed by atoms with Crippen LogP contribution in [0.3, 0.4) is 0 Å². The molecule has 1 atom stereocenters. The smallest absolute Gasteiger partial charge is 0.222 e. The fourth-order valence-corrected chi connectivity index (χ4v) is 3.21. The molecular weight excluding hydrogens is 236 g/mol. The Kier molecular flexibility index (Phi) is 4.28. The van der Waals surface area contributed by atoms with E-state index < -0.39 is 0 Å². The van der Waals surface area contributed by atoms with Gasteiger partial charge in [-0.05, 0) is 43.7 Å². The second-order valence-electron chi connectivity index (χ2n) is 5.85. The van der Waals surface area contributed by atoms with E-state index in [9.17, 15) is 0 Å². The van der Waals surface area contributed by atoms with E-state index in [0.717, 1.165) is 19.0 Å². The van der Waals surface area contributed by atoms with Crippen molar-refractivity contribution in [1.82, 2.24) is 15.3 Å². The first-order valence-corrected chi connectivity index (χ1v) is 7.71. The van der Waals surface area contributed by atoms with Crippen LogP contribution in [0, 0.1) is 0 Å². The van der Waals surface area contributed by atoms with Crippen LogP contribution in [0.1, 0.15) is 56.4 Å². The lowest BCUT2D eigenvalue weighted by molar-refractivity contribution is 0.413. The molecule has 1 aromatic heterocycles. The van der Waals surface area contributed by atoms with Gasteiger partial charge in [-0.15, -0.1) is 0 Å². The average Bonchev–Trinajstić information content (AvgIpc) is 3.01. The third-order valence-electron chi connectivity index (χ3n) is 4.42. The molecule has 1 saturated heterocycles. The summed E-state index contributed by atoms with van der Waals surface area (Å²) in [6, 6.07) is 0.576. The molecule has 4 heteroatoms. The first kappa shape index (κ1) is 12.9.